The predicted octanol–water partition coefficient (Wildman–Crippen LogP) is 1.07. The predicted molar refractivity (Wildman–Crippen MR) is 59.5 cm³/mol. The van der Waals surface area contributed by atoms with Gasteiger partial charge in [-0.1, -0.05) is 12.8 Å². The van der Waals surface area contributed by atoms with Crippen LogP contribution in [0.3, 0.4) is 0 Å². The smallest absolute Gasteiger partial charge is 0.352 e. The van der Waals surface area contributed by atoms with Gasteiger partial charge in [0.25, 0.3) is 0 Å². The maximum atomic E-state index is 11.8. The number of carboxylic acid groups (broad SMARTS) is 1. The van der Waals surface area contributed by atoms with E-state index >= 15 is 0 Å². The van der Waals surface area contributed by atoms with Crippen LogP contribution in [0.25, 0.3) is 0 Å². The molecule has 1 aliphatic carbocycles. The summed E-state index contributed by atoms with van der Waals surface area (Å²) >= 11 is 0. The molecule has 0 bridgehead atoms. The number of methoxy groups -OCH3 is 1. The second-order valence-corrected chi connectivity index (χ2v) is 4.08. The van der Waals surface area contributed by atoms with Crippen LogP contribution in [-0.4, -0.2) is 27.7 Å². The normalized spacial score (nSPS) is 16.1. The van der Waals surface area contributed by atoms with Crippen LogP contribution in [0.4, 0.5) is 0 Å². The van der Waals surface area contributed by atoms with Gasteiger partial charge in [-0.25, -0.2) is 9.59 Å². The summed E-state index contributed by atoms with van der Waals surface area (Å²) in [6, 6.07) is 1.24. The van der Waals surface area contributed by atoms with Crippen molar-refractivity contribution in [3.63, 3.8) is 0 Å². The van der Waals surface area contributed by atoms with Gasteiger partial charge < -0.3 is 9.84 Å². The van der Waals surface area contributed by atoms with Gasteiger partial charge in [0, 0.05) is 12.1 Å². The molecule has 0 radical (unpaired) electrons. The Balaban J connectivity index is 2.55. The number of hydrogen-bond donors (Lipinski definition) is 1. The van der Waals surface area contributed by atoms with Crippen molar-refractivity contribution >= 4 is 5.97 Å². The van der Waals surface area contributed by atoms with Crippen LogP contribution >= 0.6 is 0 Å². The summed E-state index contributed by atoms with van der Waals surface area (Å²) in [6.07, 6.45) is 3.69. The number of aromatic nitrogens is 2. The van der Waals surface area contributed by atoms with Crippen molar-refractivity contribution < 1.29 is 14.6 Å². The Morgan fingerprint density at radius 2 is 2.18 bits per heavy atom. The summed E-state index contributed by atoms with van der Waals surface area (Å²) in [5, 5.41) is 9.13. The van der Waals surface area contributed by atoms with Crippen LogP contribution < -0.4 is 10.4 Å². The maximum absolute atomic E-state index is 11.8. The molecule has 2 rings (SSSR count). The Labute approximate surface area is 97.9 Å². The molecule has 1 aliphatic rings. The van der Waals surface area contributed by atoms with Crippen molar-refractivity contribution in [3.05, 3.63) is 22.2 Å². The molecular formula is C11H14N2O4. The third kappa shape index (κ3) is 2.15. The number of carboxylic acids is 1. The highest BCUT2D eigenvalue weighted by Crippen LogP contribution is 2.29. The molecule has 1 N–H and O–H groups in total. The number of hydrogen-bond acceptors (Lipinski definition) is 4. The highest BCUT2D eigenvalue weighted by Gasteiger charge is 2.24. The average molecular weight is 238 g/mol. The van der Waals surface area contributed by atoms with Crippen molar-refractivity contribution in [3.8, 4) is 5.88 Å². The van der Waals surface area contributed by atoms with Crippen LogP contribution in [0.1, 0.15) is 42.2 Å². The van der Waals surface area contributed by atoms with Crippen molar-refractivity contribution in [1.29, 1.82) is 0 Å². The monoisotopic (exact) mass is 238 g/mol. The minimum Gasteiger partial charge on any atom is -0.481 e. The highest BCUT2D eigenvalue weighted by molar-refractivity contribution is 5.85. The van der Waals surface area contributed by atoms with Gasteiger partial charge in [0.2, 0.25) is 5.88 Å². The molecule has 0 spiro atoms. The summed E-state index contributed by atoms with van der Waals surface area (Å²) in [4.78, 5) is 26.7. The lowest BCUT2D eigenvalue weighted by molar-refractivity contribution is 0.0679. The fourth-order valence-electron chi connectivity index (χ4n) is 2.25. The lowest BCUT2D eigenvalue weighted by atomic mass is 10.2. The zero-order chi connectivity index (χ0) is 12.4. The highest BCUT2D eigenvalue weighted by atomic mass is 16.5. The molecule has 17 heavy (non-hydrogen) atoms. The van der Waals surface area contributed by atoms with Crippen LogP contribution in [0.5, 0.6) is 5.88 Å². The molecule has 0 unspecified atom stereocenters. The Morgan fingerprint density at radius 1 is 1.53 bits per heavy atom. The molecule has 0 aliphatic heterocycles. The van der Waals surface area contributed by atoms with Gasteiger partial charge in [-0.2, -0.15) is 4.98 Å². The van der Waals surface area contributed by atoms with Gasteiger partial charge in [0.15, 0.2) is 0 Å². The molecule has 92 valence electrons. The van der Waals surface area contributed by atoms with Crippen molar-refractivity contribution in [1.82, 2.24) is 9.55 Å². The molecule has 6 heteroatoms. The molecule has 6 nitrogen and oxygen atoms in total. The maximum Gasteiger partial charge on any atom is 0.352 e. The van der Waals surface area contributed by atoms with Gasteiger partial charge in [0.1, 0.15) is 5.69 Å². The van der Waals surface area contributed by atoms with E-state index in [4.69, 9.17) is 9.84 Å². The molecule has 0 saturated heterocycles. The van der Waals surface area contributed by atoms with Gasteiger partial charge >= 0.3 is 11.7 Å². The molecular weight excluding hydrogens is 224 g/mol. The van der Waals surface area contributed by atoms with Gasteiger partial charge in [0.05, 0.1) is 7.11 Å². The van der Waals surface area contributed by atoms with E-state index < -0.39 is 11.7 Å². The number of carbonyl (C=O) groups is 1. The van der Waals surface area contributed by atoms with Gasteiger partial charge in [-0.15, -0.1) is 0 Å². The summed E-state index contributed by atoms with van der Waals surface area (Å²) in [6.45, 7) is 0. The van der Waals surface area contributed by atoms with E-state index in [2.05, 4.69) is 4.98 Å². The first kappa shape index (κ1) is 11.6. The fraction of sp³-hybridized carbons (Fsp3) is 0.545. The summed E-state index contributed by atoms with van der Waals surface area (Å²) in [5.74, 6) is -1.09. The summed E-state index contributed by atoms with van der Waals surface area (Å²) in [5.41, 5.74) is -0.595. The van der Waals surface area contributed by atoms with E-state index in [-0.39, 0.29) is 17.6 Å². The topological polar surface area (TPSA) is 81.4 Å². The molecule has 0 amide bonds. The lowest BCUT2D eigenvalue weighted by Crippen LogP contribution is -2.31. The van der Waals surface area contributed by atoms with Gasteiger partial charge in [-0.3, -0.25) is 4.57 Å². The lowest BCUT2D eigenvalue weighted by Gasteiger charge is -2.16. The van der Waals surface area contributed by atoms with Crippen molar-refractivity contribution in [2.24, 2.45) is 0 Å². The average Bonchev–Trinajstić information content (AvgIpc) is 2.80. The first-order valence-electron chi connectivity index (χ1n) is 5.54. The molecule has 1 heterocycles. The first-order valence-corrected chi connectivity index (χ1v) is 5.54. The van der Waals surface area contributed by atoms with E-state index in [0.717, 1.165) is 25.7 Å². The number of rotatable bonds is 3. The standard InChI is InChI=1S/C11H14N2O4/c1-17-9-6-8(10(14)15)13(11(16)12-9)7-4-2-3-5-7/h6-7H,2-5H2,1H3,(H,14,15). The Hall–Kier alpha value is -1.85. The molecule has 0 aromatic carbocycles. The van der Waals surface area contributed by atoms with E-state index in [0.29, 0.717) is 0 Å². The quantitative estimate of drug-likeness (QED) is 0.851. The van der Waals surface area contributed by atoms with Crippen LogP contribution in [0.15, 0.2) is 10.9 Å². The van der Waals surface area contributed by atoms with E-state index in [9.17, 15) is 9.59 Å². The number of nitrogens with zero attached hydrogens (tertiary/aromatic N) is 2. The zero-order valence-electron chi connectivity index (χ0n) is 9.55. The van der Waals surface area contributed by atoms with Crippen LogP contribution in [0.2, 0.25) is 0 Å². The van der Waals surface area contributed by atoms with Gasteiger partial charge in [-0.05, 0) is 12.8 Å². The molecule has 1 aromatic heterocycles. The van der Waals surface area contributed by atoms with Crippen LogP contribution in [-0.2, 0) is 0 Å². The SMILES string of the molecule is COc1cc(C(=O)O)n(C2CCCC2)c(=O)n1. The van der Waals surface area contributed by atoms with E-state index in [1.807, 2.05) is 0 Å². The first-order chi connectivity index (χ1) is 8.13. The molecule has 1 aromatic rings. The second kappa shape index (κ2) is 4.57. The fourth-order valence-corrected chi connectivity index (χ4v) is 2.25. The Kier molecular flexibility index (Phi) is 3.12. The Bertz CT molecular complexity index is 489. The third-order valence-corrected chi connectivity index (χ3v) is 3.05. The third-order valence-electron chi connectivity index (χ3n) is 3.05. The van der Waals surface area contributed by atoms with E-state index in [1.54, 1.807) is 0 Å². The van der Waals surface area contributed by atoms with Crippen molar-refractivity contribution in [2.45, 2.75) is 31.7 Å². The number of ether oxygens (including phenoxy) is 1. The summed E-state index contributed by atoms with van der Waals surface area (Å²) in [7, 11) is 1.35. The molecule has 1 saturated carbocycles. The zero-order valence-corrected chi connectivity index (χ0v) is 9.55. The minimum absolute atomic E-state index is 0.0432. The Morgan fingerprint density at radius 3 is 2.71 bits per heavy atom. The van der Waals surface area contributed by atoms with Crippen molar-refractivity contribution in [2.75, 3.05) is 7.11 Å². The van der Waals surface area contributed by atoms with E-state index in [1.165, 1.54) is 17.7 Å². The number of aromatic carboxylic acids is 1. The summed E-state index contributed by atoms with van der Waals surface area (Å²) < 4.78 is 6.09. The van der Waals surface area contributed by atoms with Crippen LogP contribution in [0, 0.1) is 0 Å². The largest absolute Gasteiger partial charge is 0.481 e. The molecule has 1 fully saturated rings. The minimum atomic E-state index is -1.13. The molecule has 0 atom stereocenters. The second-order valence-electron chi connectivity index (χ2n) is 4.08.